The average Bonchev–Trinajstić information content (AvgIpc) is 2.86. The number of nitrogens with zero attached hydrogens (tertiary/aromatic N) is 2. The lowest BCUT2D eigenvalue weighted by atomic mass is 9.94. The van der Waals surface area contributed by atoms with Crippen LogP contribution in [0, 0.1) is 0 Å². The fourth-order valence-corrected chi connectivity index (χ4v) is 4.19. The van der Waals surface area contributed by atoms with Crippen molar-refractivity contribution >= 4 is 5.82 Å². The summed E-state index contributed by atoms with van der Waals surface area (Å²) in [6.07, 6.45) is 2.51. The number of hydrogen-bond acceptors (Lipinski definition) is 5. The predicted molar refractivity (Wildman–Crippen MR) is 120 cm³/mol. The third-order valence-electron chi connectivity index (χ3n) is 6.04. The standard InChI is InChI=1S/C24H33F3N4O/c1-3-5-6-8-18(4-2)29-23-21(14-28)20-9-7-12-32-15-16-13-17(24(25,26)27)10-11-19(16)22(20)30-31-23/h10-11,13,18H,3-9,12,14-15,28H2,1-2H3,(H,29,31). The van der Waals surface area contributed by atoms with Crippen LogP contribution < -0.4 is 11.1 Å². The summed E-state index contributed by atoms with van der Waals surface area (Å²) in [5.74, 6) is 0.684. The lowest BCUT2D eigenvalue weighted by Crippen LogP contribution is -2.22. The number of fused-ring (bicyclic) bond motifs is 3. The minimum Gasteiger partial charge on any atom is -0.377 e. The van der Waals surface area contributed by atoms with Crippen LogP contribution in [0.1, 0.15) is 74.6 Å². The SMILES string of the molecule is CCCCCC(CC)Nc1nnc2c(c1CN)CCCOCc1cc(C(F)(F)F)ccc1-2. The Morgan fingerprint density at radius 3 is 2.69 bits per heavy atom. The Bertz CT molecular complexity index is 902. The van der Waals surface area contributed by atoms with E-state index in [-0.39, 0.29) is 19.2 Å². The molecule has 3 N–H and O–H groups in total. The molecule has 5 nitrogen and oxygen atoms in total. The molecule has 2 aromatic rings. The van der Waals surface area contributed by atoms with Gasteiger partial charge in [0.25, 0.3) is 0 Å². The Hall–Kier alpha value is -2.19. The van der Waals surface area contributed by atoms with E-state index < -0.39 is 11.7 Å². The van der Waals surface area contributed by atoms with Crippen molar-refractivity contribution in [3.05, 3.63) is 40.5 Å². The number of aromatic nitrogens is 2. The predicted octanol–water partition coefficient (Wildman–Crippen LogP) is 5.85. The molecule has 0 radical (unpaired) electrons. The fourth-order valence-electron chi connectivity index (χ4n) is 4.19. The van der Waals surface area contributed by atoms with Gasteiger partial charge in [-0.15, -0.1) is 10.2 Å². The van der Waals surface area contributed by atoms with Crippen LogP contribution in [0.2, 0.25) is 0 Å². The van der Waals surface area contributed by atoms with E-state index in [2.05, 4.69) is 29.4 Å². The highest BCUT2D eigenvalue weighted by molar-refractivity contribution is 5.71. The fraction of sp³-hybridized carbons (Fsp3) is 0.583. The van der Waals surface area contributed by atoms with Crippen molar-refractivity contribution in [2.24, 2.45) is 5.73 Å². The van der Waals surface area contributed by atoms with Crippen LogP contribution in [0.15, 0.2) is 18.2 Å². The van der Waals surface area contributed by atoms with Crippen LogP contribution >= 0.6 is 0 Å². The maximum Gasteiger partial charge on any atom is 0.416 e. The monoisotopic (exact) mass is 450 g/mol. The first kappa shape index (κ1) is 24.5. The van der Waals surface area contributed by atoms with Crippen LogP contribution in [0.25, 0.3) is 11.3 Å². The number of ether oxygens (including phenoxy) is 1. The second-order valence-corrected chi connectivity index (χ2v) is 8.33. The van der Waals surface area contributed by atoms with E-state index in [1.54, 1.807) is 0 Å². The quantitative estimate of drug-likeness (QED) is 0.493. The highest BCUT2D eigenvalue weighted by Crippen LogP contribution is 2.36. The minimum atomic E-state index is -4.41. The maximum absolute atomic E-state index is 13.3. The summed E-state index contributed by atoms with van der Waals surface area (Å²) >= 11 is 0. The highest BCUT2D eigenvalue weighted by Gasteiger charge is 2.32. The van der Waals surface area contributed by atoms with Crippen molar-refractivity contribution in [2.75, 3.05) is 11.9 Å². The lowest BCUT2D eigenvalue weighted by molar-refractivity contribution is -0.137. The van der Waals surface area contributed by atoms with E-state index in [1.807, 2.05) is 0 Å². The molecule has 0 bridgehead atoms. The van der Waals surface area contributed by atoms with Gasteiger partial charge in [-0.05, 0) is 48.9 Å². The summed E-state index contributed by atoms with van der Waals surface area (Å²) in [7, 11) is 0. The summed E-state index contributed by atoms with van der Waals surface area (Å²) in [4.78, 5) is 0. The molecule has 1 atom stereocenters. The van der Waals surface area contributed by atoms with Gasteiger partial charge in [-0.2, -0.15) is 13.2 Å². The molecule has 1 aliphatic rings. The number of halogens is 3. The van der Waals surface area contributed by atoms with Crippen LogP contribution in [-0.2, 0) is 30.5 Å². The van der Waals surface area contributed by atoms with Gasteiger partial charge >= 0.3 is 6.18 Å². The van der Waals surface area contributed by atoms with Crippen molar-refractivity contribution < 1.29 is 17.9 Å². The van der Waals surface area contributed by atoms with Crippen LogP contribution in [0.3, 0.4) is 0 Å². The second-order valence-electron chi connectivity index (χ2n) is 8.33. The van der Waals surface area contributed by atoms with Gasteiger partial charge in [0, 0.05) is 30.3 Å². The molecule has 176 valence electrons. The molecule has 0 spiro atoms. The van der Waals surface area contributed by atoms with Gasteiger partial charge in [0.05, 0.1) is 17.9 Å². The third-order valence-corrected chi connectivity index (χ3v) is 6.04. The van der Waals surface area contributed by atoms with Gasteiger partial charge < -0.3 is 15.8 Å². The third kappa shape index (κ3) is 5.78. The number of nitrogens with two attached hydrogens (primary N) is 1. The number of anilines is 1. The zero-order valence-electron chi connectivity index (χ0n) is 18.9. The Morgan fingerprint density at radius 2 is 2.00 bits per heavy atom. The first-order chi connectivity index (χ1) is 15.4. The number of hydrogen-bond donors (Lipinski definition) is 2. The number of alkyl halides is 3. The zero-order valence-corrected chi connectivity index (χ0v) is 18.9. The van der Waals surface area contributed by atoms with Crippen LogP contribution in [0.4, 0.5) is 19.0 Å². The normalized spacial score (nSPS) is 15.2. The topological polar surface area (TPSA) is 73.1 Å². The van der Waals surface area contributed by atoms with Crippen LogP contribution in [0.5, 0.6) is 0 Å². The van der Waals surface area contributed by atoms with Gasteiger partial charge in [0.15, 0.2) is 5.82 Å². The minimum absolute atomic E-state index is 0.105. The smallest absolute Gasteiger partial charge is 0.377 e. The zero-order chi connectivity index (χ0) is 23.1. The summed E-state index contributed by atoms with van der Waals surface area (Å²) < 4.78 is 45.4. The number of rotatable bonds is 8. The summed E-state index contributed by atoms with van der Waals surface area (Å²) in [6.45, 7) is 5.17. The van der Waals surface area contributed by atoms with E-state index in [0.29, 0.717) is 35.7 Å². The molecule has 3 rings (SSSR count). The van der Waals surface area contributed by atoms with Crippen molar-refractivity contribution in [3.63, 3.8) is 0 Å². The number of unbranched alkanes of at least 4 members (excludes halogenated alkanes) is 2. The van der Waals surface area contributed by atoms with Gasteiger partial charge in [-0.3, -0.25) is 0 Å². The molecule has 0 saturated carbocycles. The molecule has 1 aromatic carbocycles. The van der Waals surface area contributed by atoms with Gasteiger partial charge in [-0.25, -0.2) is 0 Å². The van der Waals surface area contributed by atoms with Gasteiger partial charge in [0.2, 0.25) is 0 Å². The van der Waals surface area contributed by atoms with E-state index in [9.17, 15) is 13.2 Å². The van der Waals surface area contributed by atoms with Crippen molar-refractivity contribution in [1.29, 1.82) is 0 Å². The molecule has 32 heavy (non-hydrogen) atoms. The molecule has 1 aliphatic heterocycles. The molecule has 1 unspecified atom stereocenters. The molecule has 0 fully saturated rings. The molecular formula is C24H33F3N4O. The highest BCUT2D eigenvalue weighted by atomic mass is 19.4. The molecule has 0 aliphatic carbocycles. The van der Waals surface area contributed by atoms with E-state index in [0.717, 1.165) is 48.9 Å². The summed E-state index contributed by atoms with van der Waals surface area (Å²) in [5, 5.41) is 12.5. The van der Waals surface area contributed by atoms with Crippen molar-refractivity contribution in [2.45, 2.75) is 84.2 Å². The lowest BCUT2D eigenvalue weighted by Gasteiger charge is -2.22. The van der Waals surface area contributed by atoms with Crippen LogP contribution in [-0.4, -0.2) is 22.8 Å². The number of nitrogens with one attached hydrogen (secondary N) is 1. The van der Waals surface area contributed by atoms with Crippen molar-refractivity contribution in [3.8, 4) is 11.3 Å². The first-order valence-electron chi connectivity index (χ1n) is 11.5. The summed E-state index contributed by atoms with van der Waals surface area (Å²) in [5.41, 5.74) is 8.99. The second kappa shape index (κ2) is 11.1. The maximum atomic E-state index is 13.3. The van der Waals surface area contributed by atoms with Gasteiger partial charge in [-0.1, -0.05) is 39.2 Å². The Labute approximate surface area is 187 Å². The van der Waals surface area contributed by atoms with Crippen molar-refractivity contribution in [1.82, 2.24) is 10.2 Å². The Morgan fingerprint density at radius 1 is 1.19 bits per heavy atom. The van der Waals surface area contributed by atoms with Gasteiger partial charge in [0.1, 0.15) is 0 Å². The molecule has 0 saturated heterocycles. The van der Waals surface area contributed by atoms with E-state index in [4.69, 9.17) is 10.5 Å². The van der Waals surface area contributed by atoms with E-state index in [1.165, 1.54) is 18.9 Å². The first-order valence-corrected chi connectivity index (χ1v) is 11.5. The molecule has 2 heterocycles. The Kier molecular flexibility index (Phi) is 8.48. The summed E-state index contributed by atoms with van der Waals surface area (Å²) in [6, 6.07) is 4.01. The molecule has 1 aromatic heterocycles. The average molecular weight is 451 g/mol. The number of benzene rings is 1. The Balaban J connectivity index is 2.02. The molecular weight excluding hydrogens is 417 g/mol. The largest absolute Gasteiger partial charge is 0.416 e. The molecule has 0 amide bonds. The molecule has 8 heteroatoms. The van der Waals surface area contributed by atoms with E-state index >= 15 is 0 Å².